The molecule has 1 saturated heterocycles. The number of likely N-dealkylation sites (tertiary alicyclic amines) is 1. The number of hydrogen-bond acceptors (Lipinski definition) is 7. The molecule has 0 spiro atoms. The molecule has 4 aromatic rings. The van der Waals surface area contributed by atoms with Crippen molar-refractivity contribution in [1.82, 2.24) is 14.5 Å². The Bertz CT molecular complexity index is 1740. The lowest BCUT2D eigenvalue weighted by Crippen LogP contribution is -2.42. The van der Waals surface area contributed by atoms with Crippen molar-refractivity contribution in [2.24, 2.45) is 0 Å². The number of ether oxygens (including phenoxy) is 3. The van der Waals surface area contributed by atoms with Gasteiger partial charge in [0.25, 0.3) is 0 Å². The molecule has 1 unspecified atom stereocenters. The number of piperidine rings is 1. The first kappa shape index (κ1) is 33.6. The van der Waals surface area contributed by atoms with Gasteiger partial charge >= 0.3 is 0 Å². The Morgan fingerprint density at radius 1 is 1.11 bits per heavy atom. The van der Waals surface area contributed by atoms with Gasteiger partial charge in [0.15, 0.2) is 0 Å². The van der Waals surface area contributed by atoms with E-state index in [9.17, 15) is 4.79 Å². The first-order valence-electron chi connectivity index (χ1n) is 15.7. The summed E-state index contributed by atoms with van der Waals surface area (Å²) in [5, 5.41) is 7.58. The van der Waals surface area contributed by atoms with Gasteiger partial charge in [0.2, 0.25) is 5.91 Å². The van der Waals surface area contributed by atoms with Crippen LogP contribution in [0.15, 0.2) is 79.8 Å². The summed E-state index contributed by atoms with van der Waals surface area (Å²) < 4.78 is 19.8. The minimum Gasteiger partial charge on any atom is -0.497 e. The highest BCUT2D eigenvalue weighted by atomic mass is 31.0. The third-order valence-electron chi connectivity index (χ3n) is 8.18. The molecule has 9 nitrogen and oxygen atoms in total. The van der Waals surface area contributed by atoms with Crippen LogP contribution in [0, 0.1) is 12.3 Å². The molecule has 1 amide bonds. The molecule has 1 fully saturated rings. The zero-order chi connectivity index (χ0) is 33.2. The van der Waals surface area contributed by atoms with Gasteiger partial charge in [-0.25, -0.2) is 4.98 Å². The molecule has 0 aliphatic carbocycles. The van der Waals surface area contributed by atoms with Crippen LogP contribution < -0.4 is 25.4 Å². The largest absolute Gasteiger partial charge is 0.497 e. The number of imidazole rings is 1. The van der Waals surface area contributed by atoms with Crippen molar-refractivity contribution in [3.63, 3.8) is 0 Å². The topological polar surface area (TPSA) is 89.9 Å². The number of methoxy groups -OCH3 is 1. The van der Waals surface area contributed by atoms with Gasteiger partial charge in [-0.05, 0) is 73.1 Å². The van der Waals surface area contributed by atoms with E-state index in [1.165, 1.54) is 0 Å². The van der Waals surface area contributed by atoms with Gasteiger partial charge in [0, 0.05) is 43.0 Å². The van der Waals surface area contributed by atoms with Gasteiger partial charge in [0.1, 0.15) is 30.0 Å². The number of nitrogens with zero attached hydrogens (tertiary/aromatic N) is 3. The highest BCUT2D eigenvalue weighted by Crippen LogP contribution is 2.28. The van der Waals surface area contributed by atoms with Crippen LogP contribution in [0.4, 0.5) is 11.4 Å². The third-order valence-corrected chi connectivity index (χ3v) is 8.72. The molecule has 3 aromatic carbocycles. The third kappa shape index (κ3) is 9.16. The molecular formula is C37H42N5O4P. The van der Waals surface area contributed by atoms with E-state index >= 15 is 0 Å². The maximum atomic E-state index is 13.2. The normalized spacial score (nSPS) is 13.4. The Morgan fingerprint density at radius 2 is 1.91 bits per heavy atom. The number of terminal acetylenes is 1. The van der Waals surface area contributed by atoms with Crippen LogP contribution in [0.2, 0.25) is 0 Å². The molecule has 5 rings (SSSR count). The van der Waals surface area contributed by atoms with E-state index in [0.29, 0.717) is 31.1 Å². The molecule has 47 heavy (non-hydrogen) atoms. The van der Waals surface area contributed by atoms with E-state index in [2.05, 4.69) is 53.7 Å². The fourth-order valence-corrected chi connectivity index (χ4v) is 5.80. The summed E-state index contributed by atoms with van der Waals surface area (Å²) in [6.07, 6.45) is 10.9. The minimum atomic E-state index is -0.0725. The van der Waals surface area contributed by atoms with Crippen LogP contribution in [0.3, 0.4) is 0 Å². The molecule has 1 aliphatic rings. The summed E-state index contributed by atoms with van der Waals surface area (Å²) in [5.74, 6) is 4.64. The number of aryl methyl sites for hydroxylation is 1. The second kappa shape index (κ2) is 16.2. The molecule has 1 atom stereocenters. The second-order valence-corrected chi connectivity index (χ2v) is 12.0. The number of benzene rings is 3. The lowest BCUT2D eigenvalue weighted by Gasteiger charge is -2.31. The molecule has 1 aliphatic heterocycles. The number of carbonyl (C=O) groups excluding carboxylic acids is 1. The summed E-state index contributed by atoms with van der Waals surface area (Å²) in [7, 11) is 4.31. The van der Waals surface area contributed by atoms with Gasteiger partial charge in [-0.3, -0.25) is 9.69 Å². The number of hydrogen-bond donors (Lipinski definition) is 2. The van der Waals surface area contributed by atoms with Crippen molar-refractivity contribution >= 4 is 37.6 Å². The maximum absolute atomic E-state index is 13.2. The van der Waals surface area contributed by atoms with Crippen LogP contribution >= 0.6 is 9.24 Å². The fraction of sp³-hybridized carbons (Fsp3) is 0.297. The van der Waals surface area contributed by atoms with Crippen LogP contribution in [-0.4, -0.2) is 53.2 Å². The highest BCUT2D eigenvalue weighted by molar-refractivity contribution is 7.27. The first-order chi connectivity index (χ1) is 22.8. The standard InChI is InChI=1S/C37H42N5O4P/c1-5-27-10-11-29(36(47)18-27)24-45-32-8-7-9-33(20-32)46-31-14-16-41(17-15-31)23-37(43)40-34-13-12-28(26(3)44-4)19-35(34)39-22-30-21-38-25-42(30)6-2/h1,7-13,18-21,25,31,39H,3,6,14-17,22-24,47H2,2,4H3,(H,40,43). The molecule has 0 bridgehead atoms. The molecule has 244 valence electrons. The van der Waals surface area contributed by atoms with Gasteiger partial charge in [-0.2, -0.15) is 0 Å². The zero-order valence-corrected chi connectivity index (χ0v) is 28.2. The second-order valence-electron chi connectivity index (χ2n) is 11.4. The van der Waals surface area contributed by atoms with Crippen molar-refractivity contribution in [1.29, 1.82) is 0 Å². The molecule has 2 heterocycles. The predicted molar refractivity (Wildman–Crippen MR) is 191 cm³/mol. The van der Waals surface area contributed by atoms with E-state index < -0.39 is 0 Å². The highest BCUT2D eigenvalue weighted by Gasteiger charge is 2.23. The van der Waals surface area contributed by atoms with Crippen molar-refractivity contribution in [2.45, 2.75) is 45.6 Å². The van der Waals surface area contributed by atoms with E-state index in [1.54, 1.807) is 7.11 Å². The summed E-state index contributed by atoms with van der Waals surface area (Å²) in [5.41, 5.74) is 5.26. The Hall–Kier alpha value is -4.77. The van der Waals surface area contributed by atoms with E-state index in [-0.39, 0.29) is 12.0 Å². The van der Waals surface area contributed by atoms with Gasteiger partial charge in [0.05, 0.1) is 43.6 Å². The van der Waals surface area contributed by atoms with E-state index in [4.69, 9.17) is 20.6 Å². The lowest BCUT2D eigenvalue weighted by atomic mass is 10.1. The molecule has 0 radical (unpaired) electrons. The quantitative estimate of drug-likeness (QED) is 0.103. The van der Waals surface area contributed by atoms with Crippen LogP contribution in [0.5, 0.6) is 11.5 Å². The van der Waals surface area contributed by atoms with Crippen LogP contribution in [-0.2, 0) is 29.2 Å². The Morgan fingerprint density at radius 3 is 2.66 bits per heavy atom. The summed E-state index contributed by atoms with van der Waals surface area (Å²) in [4.78, 5) is 19.6. The Balaban J connectivity index is 1.12. The van der Waals surface area contributed by atoms with Crippen LogP contribution in [0.25, 0.3) is 5.76 Å². The number of anilines is 2. The van der Waals surface area contributed by atoms with E-state index in [1.807, 2.05) is 73.2 Å². The lowest BCUT2D eigenvalue weighted by molar-refractivity contribution is -0.117. The number of nitrogens with one attached hydrogen (secondary N) is 2. The number of rotatable bonds is 14. The molecule has 0 saturated carbocycles. The van der Waals surface area contributed by atoms with Crippen molar-refractivity contribution < 1.29 is 19.0 Å². The number of amides is 1. The average molecular weight is 652 g/mol. The molecule has 1 aromatic heterocycles. The number of carbonyl (C=O) groups is 1. The molecule has 2 N–H and O–H groups in total. The van der Waals surface area contributed by atoms with Gasteiger partial charge in [-0.1, -0.05) is 24.6 Å². The molecule has 10 heteroatoms. The smallest absolute Gasteiger partial charge is 0.238 e. The van der Waals surface area contributed by atoms with Crippen LogP contribution in [0.1, 0.15) is 42.1 Å². The predicted octanol–water partition coefficient (Wildman–Crippen LogP) is 5.67. The fourth-order valence-electron chi connectivity index (χ4n) is 5.44. The Kier molecular flexibility index (Phi) is 11.6. The zero-order valence-electron chi connectivity index (χ0n) is 27.0. The van der Waals surface area contributed by atoms with Crippen molar-refractivity contribution in [3.05, 3.63) is 102 Å². The minimum absolute atomic E-state index is 0.0632. The SMILES string of the molecule is C#Cc1ccc(COc2cccc(OC3CCN(CC(=O)Nc4ccc(C(=C)OC)cc4NCc4cncn4CC)CC3)c2)c(P)c1. The van der Waals surface area contributed by atoms with Gasteiger partial charge < -0.3 is 29.4 Å². The molecular weight excluding hydrogens is 609 g/mol. The maximum Gasteiger partial charge on any atom is 0.238 e. The first-order valence-corrected chi connectivity index (χ1v) is 16.3. The summed E-state index contributed by atoms with van der Waals surface area (Å²) in [6, 6.07) is 19.3. The van der Waals surface area contributed by atoms with E-state index in [0.717, 1.165) is 77.4 Å². The average Bonchev–Trinajstić information content (AvgIpc) is 3.55. The number of aromatic nitrogens is 2. The van der Waals surface area contributed by atoms with Gasteiger partial charge in [-0.15, -0.1) is 15.7 Å². The van der Waals surface area contributed by atoms with Crippen molar-refractivity contribution in [3.8, 4) is 23.8 Å². The van der Waals surface area contributed by atoms with Crippen molar-refractivity contribution in [2.75, 3.05) is 37.4 Å². The summed E-state index contributed by atoms with van der Waals surface area (Å²) in [6.45, 7) is 9.69. The monoisotopic (exact) mass is 651 g/mol. The summed E-state index contributed by atoms with van der Waals surface area (Å²) >= 11 is 0. The Labute approximate surface area is 279 Å².